The molecule has 5 nitrogen and oxygen atoms in total. The number of nitrogens with one attached hydrogen (secondary N) is 1. The Labute approximate surface area is 145 Å². The molecular weight excluding hydrogens is 343 g/mol. The van der Waals surface area contributed by atoms with Crippen molar-refractivity contribution in [2.45, 2.75) is 25.7 Å². The van der Waals surface area contributed by atoms with Crippen LogP contribution < -0.4 is 4.72 Å². The van der Waals surface area contributed by atoms with Crippen molar-refractivity contribution in [2.24, 2.45) is 0 Å². The summed E-state index contributed by atoms with van der Waals surface area (Å²) in [5, 5.41) is 3.91. The first-order valence-corrected chi connectivity index (χ1v) is 9.08. The minimum Gasteiger partial charge on any atom is -0.356 e. The van der Waals surface area contributed by atoms with Gasteiger partial charge >= 0.3 is 0 Å². The maximum Gasteiger partial charge on any atom is 0.262 e. The molecule has 0 radical (unpaired) electrons. The number of halogens is 1. The summed E-state index contributed by atoms with van der Waals surface area (Å²) < 4.78 is 46.2. The van der Waals surface area contributed by atoms with E-state index in [0.717, 1.165) is 11.3 Å². The van der Waals surface area contributed by atoms with Crippen LogP contribution in [0.5, 0.6) is 0 Å². The van der Waals surface area contributed by atoms with Crippen molar-refractivity contribution >= 4 is 15.7 Å². The van der Waals surface area contributed by atoms with Crippen molar-refractivity contribution in [1.82, 2.24) is 5.16 Å². The van der Waals surface area contributed by atoms with E-state index in [4.69, 9.17) is 4.52 Å². The molecule has 7 heteroatoms. The van der Waals surface area contributed by atoms with E-state index in [2.05, 4.69) is 9.88 Å². The molecule has 1 heterocycles. The lowest BCUT2D eigenvalue weighted by Gasteiger charge is -2.11. The summed E-state index contributed by atoms with van der Waals surface area (Å²) in [6.07, 6.45) is 0. The molecule has 1 aromatic heterocycles. The monoisotopic (exact) mass is 360 g/mol. The number of nitrogens with zero attached hydrogens (tertiary/aromatic N) is 1. The van der Waals surface area contributed by atoms with Crippen LogP contribution in [-0.2, 0) is 10.0 Å². The standard InChI is InChI=1S/C18H17FN2O3S/c1-11-4-5-14(18-12(2)13(3)20-24-18)10-17(11)25(22,23)21-16-8-6-15(19)7-9-16/h4-10,21H,1-3H3. The van der Waals surface area contributed by atoms with Gasteiger partial charge in [0.25, 0.3) is 10.0 Å². The van der Waals surface area contributed by atoms with E-state index < -0.39 is 15.8 Å². The largest absolute Gasteiger partial charge is 0.356 e. The van der Waals surface area contributed by atoms with Gasteiger partial charge in [-0.1, -0.05) is 17.3 Å². The zero-order valence-corrected chi connectivity index (χ0v) is 14.8. The van der Waals surface area contributed by atoms with E-state index >= 15 is 0 Å². The molecule has 0 aliphatic carbocycles. The Morgan fingerprint density at radius 3 is 2.32 bits per heavy atom. The molecule has 0 fully saturated rings. The second-order valence-electron chi connectivity index (χ2n) is 5.81. The summed E-state index contributed by atoms with van der Waals surface area (Å²) >= 11 is 0. The van der Waals surface area contributed by atoms with Crippen LogP contribution in [0.15, 0.2) is 51.9 Å². The molecule has 3 aromatic rings. The first-order valence-electron chi connectivity index (χ1n) is 7.60. The quantitative estimate of drug-likeness (QED) is 0.757. The van der Waals surface area contributed by atoms with Crippen LogP contribution in [0.25, 0.3) is 11.3 Å². The van der Waals surface area contributed by atoms with Crippen molar-refractivity contribution in [3.05, 3.63) is 65.1 Å². The zero-order valence-electron chi connectivity index (χ0n) is 14.0. The molecule has 0 spiro atoms. The summed E-state index contributed by atoms with van der Waals surface area (Å²) in [7, 11) is -3.83. The van der Waals surface area contributed by atoms with Crippen molar-refractivity contribution in [3.8, 4) is 11.3 Å². The van der Waals surface area contributed by atoms with E-state index in [1.165, 1.54) is 24.3 Å². The highest BCUT2D eigenvalue weighted by Gasteiger charge is 2.20. The predicted molar refractivity (Wildman–Crippen MR) is 93.4 cm³/mol. The molecular formula is C18H17FN2O3S. The Morgan fingerprint density at radius 2 is 1.72 bits per heavy atom. The van der Waals surface area contributed by atoms with Gasteiger partial charge in [0.05, 0.1) is 10.6 Å². The van der Waals surface area contributed by atoms with Gasteiger partial charge in [0.15, 0.2) is 5.76 Å². The van der Waals surface area contributed by atoms with Gasteiger partial charge in [-0.15, -0.1) is 0 Å². The lowest BCUT2D eigenvalue weighted by atomic mass is 10.1. The van der Waals surface area contributed by atoms with Crippen LogP contribution in [0.4, 0.5) is 10.1 Å². The molecule has 25 heavy (non-hydrogen) atoms. The van der Waals surface area contributed by atoms with Crippen LogP contribution in [0, 0.1) is 26.6 Å². The van der Waals surface area contributed by atoms with Gasteiger partial charge in [-0.2, -0.15) is 0 Å². The summed E-state index contributed by atoms with van der Waals surface area (Å²) in [5.41, 5.74) is 3.12. The summed E-state index contributed by atoms with van der Waals surface area (Å²) in [6.45, 7) is 5.40. The number of anilines is 1. The first-order chi connectivity index (χ1) is 11.8. The van der Waals surface area contributed by atoms with E-state index in [1.54, 1.807) is 25.1 Å². The van der Waals surface area contributed by atoms with Crippen LogP contribution >= 0.6 is 0 Å². The highest BCUT2D eigenvalue weighted by atomic mass is 32.2. The second-order valence-corrected chi connectivity index (χ2v) is 7.47. The van der Waals surface area contributed by atoms with Gasteiger partial charge in [0, 0.05) is 16.8 Å². The molecule has 0 saturated carbocycles. The third-order valence-corrected chi connectivity index (χ3v) is 5.52. The van der Waals surface area contributed by atoms with Crippen LogP contribution in [0.3, 0.4) is 0 Å². The average molecular weight is 360 g/mol. The van der Waals surface area contributed by atoms with Crippen LogP contribution in [0.2, 0.25) is 0 Å². The summed E-state index contributed by atoms with van der Waals surface area (Å²) in [4.78, 5) is 0.128. The molecule has 0 saturated heterocycles. The van der Waals surface area contributed by atoms with E-state index in [9.17, 15) is 12.8 Å². The fourth-order valence-electron chi connectivity index (χ4n) is 2.44. The lowest BCUT2D eigenvalue weighted by molar-refractivity contribution is 0.427. The van der Waals surface area contributed by atoms with E-state index in [-0.39, 0.29) is 10.6 Å². The Hall–Kier alpha value is -2.67. The smallest absolute Gasteiger partial charge is 0.262 e. The topological polar surface area (TPSA) is 72.2 Å². The molecule has 2 aromatic carbocycles. The molecule has 0 unspecified atom stereocenters. The fraction of sp³-hybridized carbons (Fsp3) is 0.167. The Kier molecular flexibility index (Phi) is 4.34. The normalized spacial score (nSPS) is 11.5. The lowest BCUT2D eigenvalue weighted by Crippen LogP contribution is -2.14. The highest BCUT2D eigenvalue weighted by Crippen LogP contribution is 2.29. The van der Waals surface area contributed by atoms with Crippen molar-refractivity contribution in [1.29, 1.82) is 0 Å². The summed E-state index contributed by atoms with van der Waals surface area (Å²) in [5.74, 6) is 0.105. The number of sulfonamides is 1. The Balaban J connectivity index is 2.02. The minimum absolute atomic E-state index is 0.128. The number of benzene rings is 2. The van der Waals surface area contributed by atoms with Crippen molar-refractivity contribution in [2.75, 3.05) is 4.72 Å². The third kappa shape index (κ3) is 3.41. The average Bonchev–Trinajstić information content (AvgIpc) is 2.89. The fourth-order valence-corrected chi connectivity index (χ4v) is 3.77. The van der Waals surface area contributed by atoms with Crippen LogP contribution in [-0.4, -0.2) is 13.6 Å². The number of rotatable bonds is 4. The maximum absolute atomic E-state index is 13.0. The highest BCUT2D eigenvalue weighted by molar-refractivity contribution is 7.92. The Morgan fingerprint density at radius 1 is 1.04 bits per heavy atom. The maximum atomic E-state index is 13.0. The molecule has 1 N–H and O–H groups in total. The molecule has 0 aliphatic heterocycles. The first kappa shape index (κ1) is 17.2. The minimum atomic E-state index is -3.83. The van der Waals surface area contributed by atoms with Gasteiger partial charge in [-0.3, -0.25) is 4.72 Å². The van der Waals surface area contributed by atoms with E-state index in [1.807, 2.05) is 13.8 Å². The van der Waals surface area contributed by atoms with Gasteiger partial charge in [-0.05, 0) is 56.7 Å². The van der Waals surface area contributed by atoms with Gasteiger partial charge in [-0.25, -0.2) is 12.8 Å². The van der Waals surface area contributed by atoms with Crippen molar-refractivity contribution < 1.29 is 17.3 Å². The van der Waals surface area contributed by atoms with Crippen LogP contribution in [0.1, 0.15) is 16.8 Å². The van der Waals surface area contributed by atoms with Gasteiger partial charge in [0.2, 0.25) is 0 Å². The molecule has 3 rings (SSSR count). The predicted octanol–water partition coefficient (Wildman–Crippen LogP) is 4.21. The third-order valence-electron chi connectivity index (χ3n) is 3.99. The number of hydrogen-bond donors (Lipinski definition) is 1. The number of aryl methyl sites for hydroxylation is 2. The van der Waals surface area contributed by atoms with Gasteiger partial charge < -0.3 is 4.52 Å². The van der Waals surface area contributed by atoms with E-state index in [0.29, 0.717) is 16.9 Å². The molecule has 0 bridgehead atoms. The molecule has 0 amide bonds. The molecule has 0 aliphatic rings. The number of aromatic nitrogens is 1. The zero-order chi connectivity index (χ0) is 18.2. The van der Waals surface area contributed by atoms with Crippen molar-refractivity contribution in [3.63, 3.8) is 0 Å². The number of hydrogen-bond acceptors (Lipinski definition) is 4. The van der Waals surface area contributed by atoms with Gasteiger partial charge in [0.1, 0.15) is 5.82 Å². The SMILES string of the molecule is Cc1ccc(-c2onc(C)c2C)cc1S(=O)(=O)Nc1ccc(F)cc1. The second kappa shape index (κ2) is 6.33. The summed E-state index contributed by atoms with van der Waals surface area (Å²) in [6, 6.07) is 10.2. The molecule has 130 valence electrons. The Bertz CT molecular complexity index is 1020. The molecule has 0 atom stereocenters.